The van der Waals surface area contributed by atoms with Gasteiger partial charge in [-0.05, 0) is 36.5 Å². The predicted molar refractivity (Wildman–Crippen MR) is 104 cm³/mol. The summed E-state index contributed by atoms with van der Waals surface area (Å²) in [5.74, 6) is 1.24. The lowest BCUT2D eigenvalue weighted by molar-refractivity contribution is -0.116. The number of amidine groups is 1. The van der Waals surface area contributed by atoms with Gasteiger partial charge in [0.2, 0.25) is 5.91 Å². The van der Waals surface area contributed by atoms with E-state index >= 15 is 0 Å². The lowest BCUT2D eigenvalue weighted by Crippen LogP contribution is -2.25. The van der Waals surface area contributed by atoms with Gasteiger partial charge in [-0.1, -0.05) is 37.7 Å². The number of halogens is 1. The Bertz CT molecular complexity index is 638. The maximum absolute atomic E-state index is 11.8. The number of anilines is 1. The second-order valence-electron chi connectivity index (χ2n) is 6.35. The van der Waals surface area contributed by atoms with Gasteiger partial charge in [-0.25, -0.2) is 0 Å². The molecule has 1 heterocycles. The van der Waals surface area contributed by atoms with Crippen molar-refractivity contribution >= 4 is 46.6 Å². The third-order valence-corrected chi connectivity index (χ3v) is 4.46. The zero-order valence-corrected chi connectivity index (χ0v) is 15.5. The van der Waals surface area contributed by atoms with Gasteiger partial charge in [-0.3, -0.25) is 15.2 Å². The molecule has 1 amide bonds. The van der Waals surface area contributed by atoms with Crippen molar-refractivity contribution in [3.63, 3.8) is 0 Å². The highest BCUT2D eigenvalue weighted by Crippen LogP contribution is 2.25. The van der Waals surface area contributed by atoms with Crippen LogP contribution < -0.4 is 10.7 Å². The molecule has 0 bridgehead atoms. The van der Waals surface area contributed by atoms with E-state index in [9.17, 15) is 4.79 Å². The third-order valence-electron chi connectivity index (χ3n) is 3.57. The Morgan fingerprint density at radius 3 is 2.62 bits per heavy atom. The minimum atomic E-state index is 0. The SMILES string of the molecule is CC(C)CC(=O)Nc1ccc(C2=NNC(=NC3CC3)SC2)cc1.Cl. The number of aliphatic imine (C=N–C) groups is 1. The molecule has 2 N–H and O–H groups in total. The molecule has 1 fully saturated rings. The van der Waals surface area contributed by atoms with Gasteiger partial charge in [0.25, 0.3) is 0 Å². The molecule has 0 saturated heterocycles. The smallest absolute Gasteiger partial charge is 0.224 e. The summed E-state index contributed by atoms with van der Waals surface area (Å²) in [5, 5.41) is 8.26. The average Bonchev–Trinajstić information content (AvgIpc) is 3.32. The molecule has 3 rings (SSSR count). The van der Waals surface area contributed by atoms with Crippen LogP contribution in [0.5, 0.6) is 0 Å². The van der Waals surface area contributed by atoms with Gasteiger partial charge in [0.15, 0.2) is 5.17 Å². The van der Waals surface area contributed by atoms with Crippen molar-refractivity contribution < 1.29 is 4.79 Å². The molecule has 1 saturated carbocycles. The summed E-state index contributed by atoms with van der Waals surface area (Å²) in [4.78, 5) is 16.3. The minimum Gasteiger partial charge on any atom is -0.326 e. The molecule has 24 heavy (non-hydrogen) atoms. The van der Waals surface area contributed by atoms with E-state index in [0.29, 0.717) is 18.4 Å². The number of hydrogen-bond donors (Lipinski definition) is 2. The number of rotatable bonds is 5. The first-order valence-electron chi connectivity index (χ1n) is 8.03. The van der Waals surface area contributed by atoms with Crippen molar-refractivity contribution in [2.24, 2.45) is 16.0 Å². The van der Waals surface area contributed by atoms with E-state index in [4.69, 9.17) is 0 Å². The second-order valence-corrected chi connectivity index (χ2v) is 7.31. The van der Waals surface area contributed by atoms with Gasteiger partial charge >= 0.3 is 0 Å². The van der Waals surface area contributed by atoms with Gasteiger partial charge in [0.05, 0.1) is 11.8 Å². The summed E-state index contributed by atoms with van der Waals surface area (Å²) in [6.45, 7) is 4.07. The summed E-state index contributed by atoms with van der Waals surface area (Å²) < 4.78 is 0. The number of nitrogens with one attached hydrogen (secondary N) is 2. The topological polar surface area (TPSA) is 65.8 Å². The monoisotopic (exact) mass is 366 g/mol. The molecule has 1 aliphatic carbocycles. The summed E-state index contributed by atoms with van der Waals surface area (Å²) in [6, 6.07) is 8.35. The maximum atomic E-state index is 11.8. The van der Waals surface area contributed by atoms with Crippen LogP contribution in [0.3, 0.4) is 0 Å². The van der Waals surface area contributed by atoms with Crippen molar-refractivity contribution in [3.05, 3.63) is 29.8 Å². The molecule has 2 aliphatic rings. The summed E-state index contributed by atoms with van der Waals surface area (Å²) in [6.07, 6.45) is 2.94. The Kier molecular flexibility index (Phi) is 6.69. The zero-order valence-electron chi connectivity index (χ0n) is 13.9. The van der Waals surface area contributed by atoms with Crippen LogP contribution in [0.25, 0.3) is 0 Å². The first kappa shape index (κ1) is 18.8. The van der Waals surface area contributed by atoms with Crippen molar-refractivity contribution in [1.29, 1.82) is 0 Å². The quantitative estimate of drug-likeness (QED) is 0.835. The molecular weight excluding hydrogens is 344 g/mol. The first-order valence-corrected chi connectivity index (χ1v) is 9.02. The molecular formula is C17H23ClN4OS. The van der Waals surface area contributed by atoms with E-state index < -0.39 is 0 Å². The van der Waals surface area contributed by atoms with E-state index in [1.54, 1.807) is 11.8 Å². The van der Waals surface area contributed by atoms with Gasteiger partial charge in [-0.15, -0.1) is 12.4 Å². The highest BCUT2D eigenvalue weighted by Gasteiger charge is 2.22. The van der Waals surface area contributed by atoms with Crippen LogP contribution in [0, 0.1) is 5.92 Å². The minimum absolute atomic E-state index is 0. The van der Waals surface area contributed by atoms with Crippen LogP contribution in [0.2, 0.25) is 0 Å². The highest BCUT2D eigenvalue weighted by molar-refractivity contribution is 8.14. The standard InChI is InChI=1S/C17H22N4OS.ClH/c1-11(2)9-16(22)18-13-5-3-12(4-6-13)15-10-23-17(21-20-15)19-14-7-8-14;/h3-6,11,14H,7-10H2,1-2H3,(H,18,22)(H,19,21);1H. The lowest BCUT2D eigenvalue weighted by Gasteiger charge is -2.15. The normalized spacial score (nSPS) is 18.6. The number of hydrazone groups is 1. The summed E-state index contributed by atoms with van der Waals surface area (Å²) in [7, 11) is 0. The van der Waals surface area contributed by atoms with E-state index in [2.05, 4.69) is 20.8 Å². The number of benzene rings is 1. The average molecular weight is 367 g/mol. The molecule has 130 valence electrons. The van der Waals surface area contributed by atoms with E-state index in [-0.39, 0.29) is 18.3 Å². The Morgan fingerprint density at radius 2 is 2.08 bits per heavy atom. The first-order chi connectivity index (χ1) is 11.1. The van der Waals surface area contributed by atoms with Gasteiger partial charge < -0.3 is 5.32 Å². The molecule has 1 aromatic rings. The fraction of sp³-hybridized carbons (Fsp3) is 0.471. The van der Waals surface area contributed by atoms with Crippen molar-refractivity contribution in [3.8, 4) is 0 Å². The number of hydrogen-bond acceptors (Lipinski definition) is 4. The van der Waals surface area contributed by atoms with Crippen LogP contribution in [-0.4, -0.2) is 28.6 Å². The Hall–Kier alpha value is -1.53. The number of nitrogens with zero attached hydrogens (tertiary/aromatic N) is 2. The van der Waals surface area contributed by atoms with E-state index in [1.165, 1.54) is 12.8 Å². The zero-order chi connectivity index (χ0) is 16.2. The second kappa shape index (κ2) is 8.53. The van der Waals surface area contributed by atoms with Crippen LogP contribution in [0.15, 0.2) is 34.4 Å². The molecule has 1 aromatic carbocycles. The molecule has 0 unspecified atom stereocenters. The molecule has 1 aliphatic heterocycles. The Labute approximate surface area is 153 Å². The van der Waals surface area contributed by atoms with Crippen LogP contribution >= 0.6 is 24.2 Å². The van der Waals surface area contributed by atoms with Crippen molar-refractivity contribution in [2.75, 3.05) is 11.1 Å². The number of carbonyl (C=O) groups excluding carboxylic acids is 1. The van der Waals surface area contributed by atoms with Crippen LogP contribution in [-0.2, 0) is 4.79 Å². The van der Waals surface area contributed by atoms with Crippen LogP contribution in [0.4, 0.5) is 5.69 Å². The summed E-state index contributed by atoms with van der Waals surface area (Å²) in [5.41, 5.74) is 5.94. The maximum Gasteiger partial charge on any atom is 0.224 e. The summed E-state index contributed by atoms with van der Waals surface area (Å²) >= 11 is 1.69. The molecule has 5 nitrogen and oxygen atoms in total. The number of thioether (sulfide) groups is 1. The molecule has 7 heteroatoms. The highest BCUT2D eigenvalue weighted by atomic mass is 35.5. The van der Waals surface area contributed by atoms with Crippen molar-refractivity contribution in [2.45, 2.75) is 39.2 Å². The van der Waals surface area contributed by atoms with E-state index in [0.717, 1.165) is 27.9 Å². The van der Waals surface area contributed by atoms with Crippen LogP contribution in [0.1, 0.15) is 38.7 Å². The van der Waals surface area contributed by atoms with Gasteiger partial charge in [0.1, 0.15) is 0 Å². The van der Waals surface area contributed by atoms with E-state index in [1.807, 2.05) is 38.1 Å². The molecule has 0 aromatic heterocycles. The lowest BCUT2D eigenvalue weighted by atomic mass is 10.1. The number of carbonyl (C=O) groups is 1. The Balaban J connectivity index is 0.00000208. The predicted octanol–water partition coefficient (Wildman–Crippen LogP) is 3.65. The van der Waals surface area contributed by atoms with Crippen molar-refractivity contribution in [1.82, 2.24) is 5.43 Å². The molecule has 0 radical (unpaired) electrons. The number of amides is 1. The third kappa shape index (κ3) is 5.53. The fourth-order valence-corrected chi connectivity index (χ4v) is 3.07. The largest absolute Gasteiger partial charge is 0.326 e. The van der Waals surface area contributed by atoms with Gasteiger partial charge in [-0.2, -0.15) is 5.10 Å². The Morgan fingerprint density at radius 1 is 1.38 bits per heavy atom. The van der Waals surface area contributed by atoms with Gasteiger partial charge in [0, 0.05) is 17.9 Å². The molecule has 0 spiro atoms. The fourth-order valence-electron chi connectivity index (χ4n) is 2.23. The molecule has 0 atom stereocenters.